The number of hydrogen-bond acceptors (Lipinski definition) is 4. The summed E-state index contributed by atoms with van der Waals surface area (Å²) in [5.74, 6) is -3.11. The maximum atomic E-state index is 12.1. The minimum absolute atomic E-state index is 0.353. The minimum Gasteiger partial charge on any atom is -0.373 e. The van der Waals surface area contributed by atoms with Crippen molar-refractivity contribution in [3.63, 3.8) is 0 Å². The van der Waals surface area contributed by atoms with Crippen molar-refractivity contribution in [3.8, 4) is 0 Å². The van der Waals surface area contributed by atoms with Crippen LogP contribution in [0.15, 0.2) is 24.3 Å². The topological polar surface area (TPSA) is 72.5 Å². The average molecular weight is 337 g/mol. The summed E-state index contributed by atoms with van der Waals surface area (Å²) < 4.78 is 65.6. The lowest BCUT2D eigenvalue weighted by atomic mass is 9.96. The molecule has 0 spiro atoms. The number of ether oxygens (including phenoxy) is 1. The Bertz CT molecular complexity index is 657. The maximum absolute atomic E-state index is 12.1. The van der Waals surface area contributed by atoms with Crippen molar-refractivity contribution in [2.45, 2.75) is 25.1 Å². The molecule has 9 heteroatoms. The summed E-state index contributed by atoms with van der Waals surface area (Å²) in [6.07, 6.45) is -5.25. The molecule has 1 aromatic rings. The largest absolute Gasteiger partial charge is 0.404 e. The highest BCUT2D eigenvalue weighted by atomic mass is 32.2. The zero-order valence-electron chi connectivity index (χ0n) is 11.4. The molecule has 0 bridgehead atoms. The Morgan fingerprint density at radius 1 is 1.32 bits per heavy atom. The van der Waals surface area contributed by atoms with Crippen molar-refractivity contribution in [3.05, 3.63) is 35.4 Å². The second-order valence-corrected chi connectivity index (χ2v) is 6.63. The first-order valence-electron chi connectivity index (χ1n) is 6.46. The van der Waals surface area contributed by atoms with E-state index in [4.69, 9.17) is 4.74 Å². The van der Waals surface area contributed by atoms with Crippen LogP contribution in [0.2, 0.25) is 0 Å². The summed E-state index contributed by atoms with van der Waals surface area (Å²) >= 11 is 0. The molecular formula is C13H14F3NO4S. The number of benzene rings is 1. The smallest absolute Gasteiger partial charge is 0.373 e. The van der Waals surface area contributed by atoms with Gasteiger partial charge in [-0.25, -0.2) is 8.42 Å². The van der Waals surface area contributed by atoms with Crippen molar-refractivity contribution in [2.24, 2.45) is 0 Å². The number of amides is 1. The maximum Gasteiger partial charge on any atom is 0.404 e. The van der Waals surface area contributed by atoms with Gasteiger partial charge in [-0.2, -0.15) is 13.2 Å². The second-order valence-electron chi connectivity index (χ2n) is 4.91. The number of rotatable bonds is 4. The van der Waals surface area contributed by atoms with Gasteiger partial charge in [0, 0.05) is 0 Å². The van der Waals surface area contributed by atoms with Gasteiger partial charge in [0.2, 0.25) is 15.9 Å². The number of carbonyl (C=O) groups excluding carboxylic acids is 1. The highest BCUT2D eigenvalue weighted by molar-refractivity contribution is 7.90. The van der Waals surface area contributed by atoms with Crippen LogP contribution in [0.5, 0.6) is 0 Å². The molecule has 5 nitrogen and oxygen atoms in total. The third kappa shape index (κ3) is 4.70. The molecule has 1 atom stereocenters. The SMILES string of the molecule is O=C(CC1OCCc2ccccc21)NS(=O)(=O)CC(F)(F)F. The van der Waals surface area contributed by atoms with Gasteiger partial charge in [-0.1, -0.05) is 24.3 Å². The van der Waals surface area contributed by atoms with Gasteiger partial charge in [0.1, 0.15) is 0 Å². The molecule has 0 radical (unpaired) electrons. The highest BCUT2D eigenvalue weighted by Crippen LogP contribution is 2.29. The van der Waals surface area contributed by atoms with E-state index in [1.54, 1.807) is 12.1 Å². The molecule has 1 N–H and O–H groups in total. The van der Waals surface area contributed by atoms with Crippen LogP contribution in [-0.4, -0.2) is 32.9 Å². The normalized spacial score (nSPS) is 18.6. The summed E-state index contributed by atoms with van der Waals surface area (Å²) in [6.45, 7) is 0.365. The van der Waals surface area contributed by atoms with E-state index in [9.17, 15) is 26.4 Å². The van der Waals surface area contributed by atoms with E-state index in [-0.39, 0.29) is 6.42 Å². The lowest BCUT2D eigenvalue weighted by Crippen LogP contribution is -2.38. The number of sulfonamides is 1. The lowest BCUT2D eigenvalue weighted by Gasteiger charge is -2.25. The fourth-order valence-corrected chi connectivity index (χ4v) is 3.21. The van der Waals surface area contributed by atoms with Crippen LogP contribution in [0.4, 0.5) is 13.2 Å². The van der Waals surface area contributed by atoms with Crippen molar-refractivity contribution < 1.29 is 31.1 Å². The third-order valence-electron chi connectivity index (χ3n) is 3.09. The van der Waals surface area contributed by atoms with Gasteiger partial charge in [0.15, 0.2) is 5.75 Å². The van der Waals surface area contributed by atoms with Crippen LogP contribution in [0.3, 0.4) is 0 Å². The molecule has 122 valence electrons. The quantitative estimate of drug-likeness (QED) is 0.908. The Morgan fingerprint density at radius 3 is 2.68 bits per heavy atom. The van der Waals surface area contributed by atoms with Crippen LogP contribution in [0.25, 0.3) is 0 Å². The number of nitrogens with one attached hydrogen (secondary N) is 1. The van der Waals surface area contributed by atoms with Gasteiger partial charge in [-0.3, -0.25) is 9.52 Å². The standard InChI is InChI=1S/C13H14F3NO4S/c14-13(15,16)8-22(19,20)17-12(18)7-11-10-4-2-1-3-9(10)5-6-21-11/h1-4,11H,5-8H2,(H,17,18). The van der Waals surface area contributed by atoms with Crippen LogP contribution < -0.4 is 4.72 Å². The van der Waals surface area contributed by atoms with Gasteiger partial charge < -0.3 is 4.74 Å². The first kappa shape index (κ1) is 16.8. The highest BCUT2D eigenvalue weighted by Gasteiger charge is 2.36. The number of hydrogen-bond donors (Lipinski definition) is 1. The molecule has 1 aliphatic rings. The van der Waals surface area contributed by atoms with Crippen molar-refractivity contribution in [2.75, 3.05) is 12.4 Å². The predicted molar refractivity (Wildman–Crippen MR) is 71.4 cm³/mol. The molecule has 1 aromatic carbocycles. The molecule has 0 saturated heterocycles. The van der Waals surface area contributed by atoms with Crippen molar-refractivity contribution in [1.29, 1.82) is 0 Å². The molecule has 1 unspecified atom stereocenters. The molecule has 0 saturated carbocycles. The van der Waals surface area contributed by atoms with Crippen LogP contribution in [0, 0.1) is 0 Å². The van der Waals surface area contributed by atoms with E-state index in [0.717, 1.165) is 11.1 Å². The molecule has 2 rings (SSSR count). The molecule has 1 heterocycles. The Kier molecular flexibility index (Phi) is 4.76. The molecular weight excluding hydrogens is 323 g/mol. The fraction of sp³-hybridized carbons (Fsp3) is 0.462. The third-order valence-corrected chi connectivity index (χ3v) is 4.33. The van der Waals surface area contributed by atoms with Gasteiger partial charge in [-0.05, 0) is 17.5 Å². The molecule has 0 aliphatic carbocycles. The summed E-state index contributed by atoms with van der Waals surface area (Å²) in [7, 11) is -4.75. The van der Waals surface area contributed by atoms with Crippen LogP contribution in [0.1, 0.15) is 23.7 Å². The van der Waals surface area contributed by atoms with Gasteiger partial charge in [-0.15, -0.1) is 0 Å². The summed E-state index contributed by atoms with van der Waals surface area (Å²) in [5.41, 5.74) is 1.72. The lowest BCUT2D eigenvalue weighted by molar-refractivity contribution is -0.122. The van der Waals surface area contributed by atoms with Crippen molar-refractivity contribution >= 4 is 15.9 Å². The van der Waals surface area contributed by atoms with E-state index in [1.807, 2.05) is 12.1 Å². The predicted octanol–water partition coefficient (Wildman–Crippen LogP) is 1.70. The summed E-state index contributed by atoms with van der Waals surface area (Å²) in [6, 6.07) is 7.19. The Balaban J connectivity index is 2.02. The molecule has 1 aliphatic heterocycles. The first-order valence-corrected chi connectivity index (χ1v) is 8.11. The average Bonchev–Trinajstić information content (AvgIpc) is 2.35. The van der Waals surface area contributed by atoms with E-state index in [0.29, 0.717) is 13.0 Å². The first-order chi connectivity index (χ1) is 10.2. The summed E-state index contributed by atoms with van der Waals surface area (Å²) in [4.78, 5) is 11.7. The number of halogens is 3. The van der Waals surface area contributed by atoms with Gasteiger partial charge >= 0.3 is 6.18 Å². The molecule has 1 amide bonds. The minimum atomic E-state index is -4.90. The van der Waals surface area contributed by atoms with Crippen LogP contribution >= 0.6 is 0 Å². The number of carbonyl (C=O) groups is 1. The van der Waals surface area contributed by atoms with Gasteiger partial charge in [0.05, 0.1) is 19.1 Å². The van der Waals surface area contributed by atoms with Gasteiger partial charge in [0.25, 0.3) is 0 Å². The van der Waals surface area contributed by atoms with Crippen molar-refractivity contribution in [1.82, 2.24) is 4.72 Å². The fourth-order valence-electron chi connectivity index (χ4n) is 2.28. The molecule has 0 aromatic heterocycles. The van der Waals surface area contributed by atoms with Crippen LogP contribution in [-0.2, 0) is 26.0 Å². The number of alkyl halides is 3. The van der Waals surface area contributed by atoms with E-state index >= 15 is 0 Å². The van der Waals surface area contributed by atoms with E-state index in [1.165, 1.54) is 4.72 Å². The zero-order chi connectivity index (χ0) is 16.4. The Hall–Kier alpha value is -1.61. The molecule has 22 heavy (non-hydrogen) atoms. The van der Waals surface area contributed by atoms with E-state index < -0.39 is 34.0 Å². The Morgan fingerprint density at radius 2 is 2.00 bits per heavy atom. The second kappa shape index (κ2) is 6.25. The van der Waals surface area contributed by atoms with E-state index in [2.05, 4.69) is 0 Å². The monoisotopic (exact) mass is 337 g/mol. The summed E-state index contributed by atoms with van der Waals surface area (Å²) in [5, 5.41) is 0. The number of fused-ring (bicyclic) bond motifs is 1. The Labute approximate surface area is 125 Å². The molecule has 0 fully saturated rings. The zero-order valence-corrected chi connectivity index (χ0v) is 12.2.